The molecule has 0 aromatic rings. The van der Waals surface area contributed by atoms with Crippen molar-refractivity contribution in [1.82, 2.24) is 10.2 Å². The maximum Gasteiger partial charge on any atom is 0.393 e. The summed E-state index contributed by atoms with van der Waals surface area (Å²) in [6, 6.07) is 0.370. The van der Waals surface area contributed by atoms with Gasteiger partial charge in [0.1, 0.15) is 0 Å². The lowest BCUT2D eigenvalue weighted by Gasteiger charge is -2.35. The van der Waals surface area contributed by atoms with Gasteiger partial charge in [0.25, 0.3) is 0 Å². The van der Waals surface area contributed by atoms with Gasteiger partial charge in [-0.3, -0.25) is 0 Å². The summed E-state index contributed by atoms with van der Waals surface area (Å²) in [5, 5.41) is 12.5. The van der Waals surface area contributed by atoms with Crippen LogP contribution < -0.4 is 5.32 Å². The molecule has 2 rings (SSSR count). The molecular weight excluding hydrogens is 245 g/mol. The Morgan fingerprint density at radius 1 is 1.28 bits per heavy atom. The Balaban J connectivity index is 1.80. The molecule has 0 amide bonds. The zero-order chi connectivity index (χ0) is 13.2. The summed E-state index contributed by atoms with van der Waals surface area (Å²) in [5.41, 5.74) is 0. The Morgan fingerprint density at radius 3 is 2.56 bits per heavy atom. The molecule has 1 saturated heterocycles. The second-order valence-corrected chi connectivity index (χ2v) is 5.46. The van der Waals surface area contributed by atoms with E-state index in [-0.39, 0.29) is 25.6 Å². The van der Waals surface area contributed by atoms with Crippen LogP contribution in [0.15, 0.2) is 0 Å². The third-order valence-corrected chi connectivity index (χ3v) is 3.72. The Morgan fingerprint density at radius 2 is 2.00 bits per heavy atom. The van der Waals surface area contributed by atoms with Crippen LogP contribution in [0.5, 0.6) is 0 Å². The number of likely N-dealkylation sites (tertiary alicyclic amines) is 1. The van der Waals surface area contributed by atoms with Crippen molar-refractivity contribution in [2.75, 3.05) is 26.2 Å². The van der Waals surface area contributed by atoms with Gasteiger partial charge in [0.05, 0.1) is 12.5 Å². The van der Waals surface area contributed by atoms with Crippen LogP contribution in [0, 0.1) is 5.92 Å². The predicted octanol–water partition coefficient (Wildman–Crippen LogP) is 1.37. The van der Waals surface area contributed by atoms with Crippen molar-refractivity contribution in [3.05, 3.63) is 0 Å². The predicted molar refractivity (Wildman–Crippen MR) is 62.3 cm³/mol. The number of piperidine rings is 1. The average Bonchev–Trinajstić information content (AvgIpc) is 3.11. The Labute approximate surface area is 105 Å². The third-order valence-electron chi connectivity index (χ3n) is 3.72. The van der Waals surface area contributed by atoms with E-state index in [0.29, 0.717) is 25.6 Å². The van der Waals surface area contributed by atoms with Gasteiger partial charge in [-0.15, -0.1) is 0 Å². The maximum absolute atomic E-state index is 12.7. The molecule has 2 fully saturated rings. The summed E-state index contributed by atoms with van der Waals surface area (Å²) in [6.07, 6.45) is -1.04. The van der Waals surface area contributed by atoms with Crippen molar-refractivity contribution in [3.8, 4) is 0 Å². The summed E-state index contributed by atoms with van der Waals surface area (Å²) < 4.78 is 38.0. The molecule has 2 unspecified atom stereocenters. The van der Waals surface area contributed by atoms with Crippen LogP contribution in [0.2, 0.25) is 0 Å². The molecule has 6 heteroatoms. The molecule has 1 aliphatic carbocycles. The number of aliphatic hydroxyl groups excluding tert-OH is 1. The van der Waals surface area contributed by atoms with E-state index in [2.05, 4.69) is 5.32 Å². The molecule has 0 radical (unpaired) electrons. The van der Waals surface area contributed by atoms with E-state index in [1.165, 1.54) is 0 Å². The average molecular weight is 266 g/mol. The number of hydrogen-bond acceptors (Lipinski definition) is 3. The topological polar surface area (TPSA) is 35.5 Å². The molecule has 1 aliphatic heterocycles. The molecule has 0 aromatic carbocycles. The Bertz CT molecular complexity index is 269. The monoisotopic (exact) mass is 266 g/mol. The zero-order valence-corrected chi connectivity index (χ0v) is 10.4. The number of aliphatic hydroxyl groups is 1. The van der Waals surface area contributed by atoms with Crippen LogP contribution in [0.25, 0.3) is 0 Å². The van der Waals surface area contributed by atoms with Crippen LogP contribution in [-0.4, -0.2) is 54.5 Å². The lowest BCUT2D eigenvalue weighted by atomic mass is 9.97. The molecule has 18 heavy (non-hydrogen) atoms. The summed E-state index contributed by atoms with van der Waals surface area (Å²) in [5.74, 6) is -1.20. The summed E-state index contributed by atoms with van der Waals surface area (Å²) in [7, 11) is 0. The standard InChI is InChI=1S/C12H21F3N2O/c13-12(14,15)9-2-1-5-17(6-9)7-11(8-18)16-10-3-4-10/h9-11,16,18H,1-8H2. The SMILES string of the molecule is OCC(CN1CCCC(C(F)(F)F)C1)NC1CC1. The molecule has 1 saturated carbocycles. The lowest BCUT2D eigenvalue weighted by Crippen LogP contribution is -2.49. The lowest BCUT2D eigenvalue weighted by molar-refractivity contribution is -0.187. The number of hydrogen-bond donors (Lipinski definition) is 2. The minimum atomic E-state index is -4.09. The van der Waals surface area contributed by atoms with E-state index in [4.69, 9.17) is 0 Å². The first-order chi connectivity index (χ1) is 8.49. The molecule has 1 heterocycles. The quantitative estimate of drug-likeness (QED) is 0.789. The van der Waals surface area contributed by atoms with Gasteiger partial charge in [-0.1, -0.05) is 0 Å². The number of alkyl halides is 3. The maximum atomic E-state index is 12.7. The number of nitrogens with one attached hydrogen (secondary N) is 1. The van der Waals surface area contributed by atoms with Crippen molar-refractivity contribution in [1.29, 1.82) is 0 Å². The fraction of sp³-hybridized carbons (Fsp3) is 1.00. The van der Waals surface area contributed by atoms with Gasteiger partial charge >= 0.3 is 6.18 Å². The largest absolute Gasteiger partial charge is 0.395 e. The fourth-order valence-electron chi connectivity index (χ4n) is 2.55. The molecular formula is C12H21F3N2O. The zero-order valence-electron chi connectivity index (χ0n) is 10.4. The van der Waals surface area contributed by atoms with E-state index >= 15 is 0 Å². The fourth-order valence-corrected chi connectivity index (χ4v) is 2.55. The molecule has 106 valence electrons. The number of nitrogens with zero attached hydrogens (tertiary/aromatic N) is 1. The summed E-state index contributed by atoms with van der Waals surface area (Å²) in [4.78, 5) is 1.83. The molecule has 0 aromatic heterocycles. The molecule has 2 atom stereocenters. The minimum Gasteiger partial charge on any atom is -0.395 e. The van der Waals surface area contributed by atoms with Gasteiger partial charge in [0, 0.05) is 25.2 Å². The summed E-state index contributed by atoms with van der Waals surface area (Å²) in [6.45, 7) is 1.28. The highest BCUT2D eigenvalue weighted by Crippen LogP contribution is 2.33. The van der Waals surface area contributed by atoms with E-state index in [0.717, 1.165) is 12.8 Å². The van der Waals surface area contributed by atoms with E-state index < -0.39 is 12.1 Å². The van der Waals surface area contributed by atoms with Crippen LogP contribution in [-0.2, 0) is 0 Å². The number of rotatable bonds is 5. The van der Waals surface area contributed by atoms with Crippen molar-refractivity contribution in [2.45, 2.75) is 43.9 Å². The van der Waals surface area contributed by atoms with E-state index in [1.807, 2.05) is 4.90 Å². The van der Waals surface area contributed by atoms with E-state index in [9.17, 15) is 18.3 Å². The summed E-state index contributed by atoms with van der Waals surface area (Å²) >= 11 is 0. The highest BCUT2D eigenvalue weighted by atomic mass is 19.4. The van der Waals surface area contributed by atoms with Gasteiger partial charge in [-0.05, 0) is 32.2 Å². The van der Waals surface area contributed by atoms with Gasteiger partial charge in [-0.25, -0.2) is 0 Å². The van der Waals surface area contributed by atoms with Crippen molar-refractivity contribution >= 4 is 0 Å². The first-order valence-electron chi connectivity index (χ1n) is 6.65. The highest BCUT2D eigenvalue weighted by Gasteiger charge is 2.42. The second kappa shape index (κ2) is 5.75. The number of halogens is 3. The van der Waals surface area contributed by atoms with Crippen LogP contribution in [0.1, 0.15) is 25.7 Å². The molecule has 2 N–H and O–H groups in total. The van der Waals surface area contributed by atoms with Crippen molar-refractivity contribution < 1.29 is 18.3 Å². The first kappa shape index (κ1) is 14.1. The Kier molecular flexibility index (Phi) is 4.50. The van der Waals surface area contributed by atoms with Gasteiger partial charge < -0.3 is 15.3 Å². The smallest absolute Gasteiger partial charge is 0.393 e. The van der Waals surface area contributed by atoms with Gasteiger partial charge in [-0.2, -0.15) is 13.2 Å². The second-order valence-electron chi connectivity index (χ2n) is 5.46. The van der Waals surface area contributed by atoms with Gasteiger partial charge in [0.2, 0.25) is 0 Å². The first-order valence-corrected chi connectivity index (χ1v) is 6.65. The molecule has 0 bridgehead atoms. The van der Waals surface area contributed by atoms with Crippen LogP contribution in [0.4, 0.5) is 13.2 Å². The van der Waals surface area contributed by atoms with Gasteiger partial charge in [0.15, 0.2) is 0 Å². The van der Waals surface area contributed by atoms with Crippen LogP contribution in [0.3, 0.4) is 0 Å². The Hall–Kier alpha value is -0.330. The van der Waals surface area contributed by atoms with E-state index in [1.54, 1.807) is 0 Å². The molecule has 3 nitrogen and oxygen atoms in total. The van der Waals surface area contributed by atoms with Crippen molar-refractivity contribution in [3.63, 3.8) is 0 Å². The highest BCUT2D eigenvalue weighted by molar-refractivity contribution is 4.87. The molecule has 0 spiro atoms. The minimum absolute atomic E-state index is 0.0102. The normalized spacial score (nSPS) is 28.3. The third kappa shape index (κ3) is 4.10. The van der Waals surface area contributed by atoms with Crippen molar-refractivity contribution in [2.24, 2.45) is 5.92 Å². The molecule has 2 aliphatic rings. The van der Waals surface area contributed by atoms with Crippen LogP contribution >= 0.6 is 0 Å².